The maximum atomic E-state index is 14.1. The minimum atomic E-state index is -0.471. The van der Waals surface area contributed by atoms with Crippen LogP contribution < -0.4 is 9.47 Å². The van der Waals surface area contributed by atoms with Crippen LogP contribution in [0.25, 0.3) is 0 Å². The number of hydrogen-bond acceptors (Lipinski definition) is 3. The van der Waals surface area contributed by atoms with Gasteiger partial charge in [-0.2, -0.15) is 0 Å². The van der Waals surface area contributed by atoms with Gasteiger partial charge in [0.1, 0.15) is 5.82 Å². The molecule has 0 aromatic heterocycles. The Hall–Kier alpha value is -2.56. The summed E-state index contributed by atoms with van der Waals surface area (Å²) >= 11 is 0. The molecule has 0 radical (unpaired) electrons. The predicted octanol–water partition coefficient (Wildman–Crippen LogP) is 4.14. The van der Waals surface area contributed by atoms with Crippen LogP contribution in [0.5, 0.6) is 11.5 Å². The molecule has 5 heteroatoms. The molecule has 1 fully saturated rings. The number of benzene rings is 2. The number of fused-ring (bicyclic) bond motifs is 1. The van der Waals surface area contributed by atoms with Crippen molar-refractivity contribution < 1.29 is 18.7 Å². The third-order valence-corrected chi connectivity index (χ3v) is 4.92. The fourth-order valence-corrected chi connectivity index (χ4v) is 3.61. The molecule has 0 spiro atoms. The fourth-order valence-electron chi connectivity index (χ4n) is 3.61. The molecule has 2 aromatic carbocycles. The van der Waals surface area contributed by atoms with Crippen LogP contribution in [0.3, 0.4) is 0 Å². The van der Waals surface area contributed by atoms with Crippen molar-refractivity contribution in [3.8, 4) is 11.5 Å². The standard InChI is InChI=1S/C20H20FNO3/c21-17-8-4-3-7-16(17)20(23)22(15-5-1-2-6-15)12-14-9-10-18-19(11-14)25-13-24-18/h3-4,7-11,15H,1-2,5-6,12-13H2. The lowest BCUT2D eigenvalue weighted by Gasteiger charge is -2.29. The summed E-state index contributed by atoms with van der Waals surface area (Å²) in [6, 6.07) is 12.0. The van der Waals surface area contributed by atoms with Crippen LogP contribution in [0.1, 0.15) is 41.6 Å². The maximum absolute atomic E-state index is 14.1. The summed E-state index contributed by atoms with van der Waals surface area (Å²) in [4.78, 5) is 14.8. The quantitative estimate of drug-likeness (QED) is 0.839. The van der Waals surface area contributed by atoms with Gasteiger partial charge in [0.25, 0.3) is 5.91 Å². The van der Waals surface area contributed by atoms with E-state index in [0.717, 1.165) is 37.0 Å². The van der Waals surface area contributed by atoms with E-state index in [9.17, 15) is 9.18 Å². The molecule has 1 saturated carbocycles. The summed E-state index contributed by atoms with van der Waals surface area (Å²) in [5.41, 5.74) is 1.09. The van der Waals surface area contributed by atoms with Crippen LogP contribution in [0.2, 0.25) is 0 Å². The molecule has 1 heterocycles. The van der Waals surface area contributed by atoms with E-state index in [2.05, 4.69) is 0 Å². The lowest BCUT2D eigenvalue weighted by atomic mass is 10.1. The maximum Gasteiger partial charge on any atom is 0.257 e. The molecule has 1 amide bonds. The first-order valence-electron chi connectivity index (χ1n) is 8.66. The highest BCUT2D eigenvalue weighted by molar-refractivity contribution is 5.94. The molecule has 0 bridgehead atoms. The second kappa shape index (κ2) is 6.75. The average molecular weight is 341 g/mol. The van der Waals surface area contributed by atoms with Crippen molar-refractivity contribution in [2.24, 2.45) is 0 Å². The van der Waals surface area contributed by atoms with Gasteiger partial charge in [0.05, 0.1) is 5.56 Å². The van der Waals surface area contributed by atoms with Gasteiger partial charge in [-0.1, -0.05) is 31.0 Å². The second-order valence-electron chi connectivity index (χ2n) is 6.54. The first-order valence-corrected chi connectivity index (χ1v) is 8.66. The Bertz CT molecular complexity index is 786. The van der Waals surface area contributed by atoms with Gasteiger partial charge in [0, 0.05) is 12.6 Å². The van der Waals surface area contributed by atoms with Crippen LogP contribution >= 0.6 is 0 Å². The number of carbonyl (C=O) groups is 1. The van der Waals surface area contributed by atoms with E-state index < -0.39 is 5.82 Å². The molecular weight excluding hydrogens is 321 g/mol. The number of carbonyl (C=O) groups excluding carboxylic acids is 1. The number of hydrogen-bond donors (Lipinski definition) is 0. The van der Waals surface area contributed by atoms with Crippen molar-refractivity contribution in [2.45, 2.75) is 38.3 Å². The van der Waals surface area contributed by atoms with Gasteiger partial charge >= 0.3 is 0 Å². The van der Waals surface area contributed by atoms with Crippen molar-refractivity contribution in [2.75, 3.05) is 6.79 Å². The molecule has 130 valence electrons. The molecule has 2 aliphatic rings. The van der Waals surface area contributed by atoms with Crippen LogP contribution in [-0.2, 0) is 6.54 Å². The molecule has 1 aliphatic heterocycles. The van der Waals surface area contributed by atoms with Crippen molar-refractivity contribution in [3.05, 3.63) is 59.4 Å². The number of nitrogens with zero attached hydrogens (tertiary/aromatic N) is 1. The Balaban J connectivity index is 1.62. The zero-order chi connectivity index (χ0) is 17.2. The number of amides is 1. The van der Waals surface area contributed by atoms with E-state index in [1.54, 1.807) is 18.2 Å². The highest BCUT2D eigenvalue weighted by atomic mass is 19.1. The molecule has 4 nitrogen and oxygen atoms in total. The van der Waals surface area contributed by atoms with Crippen LogP contribution in [0.4, 0.5) is 4.39 Å². The minimum absolute atomic E-state index is 0.134. The van der Waals surface area contributed by atoms with E-state index in [0.29, 0.717) is 12.3 Å². The zero-order valence-corrected chi connectivity index (χ0v) is 13.9. The molecule has 0 N–H and O–H groups in total. The molecule has 25 heavy (non-hydrogen) atoms. The summed E-state index contributed by atoms with van der Waals surface area (Å²) in [6.07, 6.45) is 4.13. The monoisotopic (exact) mass is 341 g/mol. The Morgan fingerprint density at radius 1 is 1.08 bits per heavy atom. The van der Waals surface area contributed by atoms with Gasteiger partial charge in [0.2, 0.25) is 6.79 Å². The minimum Gasteiger partial charge on any atom is -0.454 e. The van der Waals surface area contributed by atoms with E-state index in [4.69, 9.17) is 9.47 Å². The summed E-state index contributed by atoms with van der Waals surface area (Å²) in [5.74, 6) is 0.697. The highest BCUT2D eigenvalue weighted by Gasteiger charge is 2.29. The molecule has 1 aliphatic carbocycles. The Morgan fingerprint density at radius 3 is 2.64 bits per heavy atom. The number of halogens is 1. The van der Waals surface area contributed by atoms with Crippen LogP contribution in [-0.4, -0.2) is 23.6 Å². The molecular formula is C20H20FNO3. The van der Waals surface area contributed by atoms with Gasteiger partial charge in [-0.15, -0.1) is 0 Å². The van der Waals surface area contributed by atoms with E-state index >= 15 is 0 Å². The van der Waals surface area contributed by atoms with Gasteiger partial charge in [-0.05, 0) is 42.7 Å². The Morgan fingerprint density at radius 2 is 1.84 bits per heavy atom. The molecule has 4 rings (SSSR count). The first kappa shape index (κ1) is 15.9. The van der Waals surface area contributed by atoms with Gasteiger partial charge < -0.3 is 14.4 Å². The molecule has 0 saturated heterocycles. The summed E-state index contributed by atoms with van der Waals surface area (Å²) in [6.45, 7) is 0.660. The molecule has 0 atom stereocenters. The molecule has 0 unspecified atom stereocenters. The van der Waals surface area contributed by atoms with Crippen molar-refractivity contribution in [1.29, 1.82) is 0 Å². The topological polar surface area (TPSA) is 38.8 Å². The zero-order valence-electron chi connectivity index (χ0n) is 13.9. The van der Waals surface area contributed by atoms with Crippen LogP contribution in [0.15, 0.2) is 42.5 Å². The first-order chi connectivity index (χ1) is 12.2. The largest absolute Gasteiger partial charge is 0.454 e. The number of rotatable bonds is 4. The Labute approximate surface area is 146 Å². The number of ether oxygens (including phenoxy) is 2. The normalized spacial score (nSPS) is 16.2. The highest BCUT2D eigenvalue weighted by Crippen LogP contribution is 2.34. The van der Waals surface area contributed by atoms with Crippen molar-refractivity contribution in [3.63, 3.8) is 0 Å². The van der Waals surface area contributed by atoms with Gasteiger partial charge in [-0.25, -0.2) is 4.39 Å². The van der Waals surface area contributed by atoms with E-state index in [1.807, 2.05) is 23.1 Å². The summed E-state index contributed by atoms with van der Waals surface area (Å²) < 4.78 is 24.9. The van der Waals surface area contributed by atoms with Crippen LogP contribution in [0, 0.1) is 5.82 Å². The van der Waals surface area contributed by atoms with Crippen molar-refractivity contribution >= 4 is 5.91 Å². The Kier molecular flexibility index (Phi) is 4.30. The van der Waals surface area contributed by atoms with Crippen molar-refractivity contribution in [1.82, 2.24) is 4.90 Å². The van der Waals surface area contributed by atoms with Gasteiger partial charge in [0.15, 0.2) is 11.5 Å². The lowest BCUT2D eigenvalue weighted by molar-refractivity contribution is 0.0659. The molecule has 2 aromatic rings. The average Bonchev–Trinajstić information content (AvgIpc) is 3.30. The van der Waals surface area contributed by atoms with E-state index in [1.165, 1.54) is 6.07 Å². The summed E-state index contributed by atoms with van der Waals surface area (Å²) in [7, 11) is 0. The van der Waals surface area contributed by atoms with E-state index in [-0.39, 0.29) is 24.3 Å². The third-order valence-electron chi connectivity index (χ3n) is 4.92. The third kappa shape index (κ3) is 3.18. The second-order valence-corrected chi connectivity index (χ2v) is 6.54. The smallest absolute Gasteiger partial charge is 0.257 e. The predicted molar refractivity (Wildman–Crippen MR) is 91.1 cm³/mol. The summed E-state index contributed by atoms with van der Waals surface area (Å²) in [5, 5.41) is 0. The SMILES string of the molecule is O=C(c1ccccc1F)N(Cc1ccc2c(c1)OCO2)C1CCCC1. The fraction of sp³-hybridized carbons (Fsp3) is 0.350. The lowest BCUT2D eigenvalue weighted by Crippen LogP contribution is -2.38. The van der Waals surface area contributed by atoms with Gasteiger partial charge in [-0.3, -0.25) is 4.79 Å².